The van der Waals surface area contributed by atoms with Crippen LogP contribution in [0.3, 0.4) is 0 Å². The van der Waals surface area contributed by atoms with Gasteiger partial charge in [0, 0.05) is 16.9 Å². The van der Waals surface area contributed by atoms with Crippen molar-refractivity contribution in [3.05, 3.63) is 83.4 Å². The largest absolute Gasteiger partial charge is 0.497 e. The zero-order valence-electron chi connectivity index (χ0n) is 18.2. The van der Waals surface area contributed by atoms with E-state index in [1.807, 2.05) is 73.7 Å². The molecule has 164 valence electrons. The molecular formula is C25H25N3O3S. The minimum absolute atomic E-state index is 0.136. The molecule has 0 saturated carbocycles. The van der Waals surface area contributed by atoms with Crippen LogP contribution >= 0.6 is 11.8 Å². The summed E-state index contributed by atoms with van der Waals surface area (Å²) >= 11 is 1.57. The number of amides is 1. The summed E-state index contributed by atoms with van der Waals surface area (Å²) in [6.07, 6.45) is 0. The fourth-order valence-electron chi connectivity index (χ4n) is 3.54. The Bertz CT molecular complexity index is 1210. The second-order valence-corrected chi connectivity index (χ2v) is 8.27. The van der Waals surface area contributed by atoms with E-state index in [1.54, 1.807) is 26.0 Å². The Labute approximate surface area is 191 Å². The SMILES string of the molecule is COc1ccc(OC)c(C(C)NC(=O)c2ccccc2CSc2nc3ccccc3[nH]2)c1. The van der Waals surface area contributed by atoms with E-state index in [4.69, 9.17) is 9.47 Å². The molecule has 0 saturated heterocycles. The average molecular weight is 448 g/mol. The number of H-pyrrole nitrogens is 1. The summed E-state index contributed by atoms with van der Waals surface area (Å²) in [5.41, 5.74) is 4.38. The lowest BCUT2D eigenvalue weighted by Crippen LogP contribution is -2.27. The number of methoxy groups -OCH3 is 2. The van der Waals surface area contributed by atoms with E-state index >= 15 is 0 Å². The Morgan fingerprint density at radius 2 is 1.84 bits per heavy atom. The number of rotatable bonds is 8. The Morgan fingerprint density at radius 1 is 1.06 bits per heavy atom. The third-order valence-electron chi connectivity index (χ3n) is 5.25. The van der Waals surface area contributed by atoms with E-state index in [0.717, 1.165) is 27.3 Å². The molecule has 1 amide bonds. The van der Waals surface area contributed by atoms with Crippen molar-refractivity contribution in [3.63, 3.8) is 0 Å². The first kappa shape index (κ1) is 21.8. The summed E-state index contributed by atoms with van der Waals surface area (Å²) in [7, 11) is 3.23. The van der Waals surface area contributed by atoms with Crippen molar-refractivity contribution >= 4 is 28.7 Å². The van der Waals surface area contributed by atoms with Gasteiger partial charge in [-0.1, -0.05) is 42.1 Å². The minimum Gasteiger partial charge on any atom is -0.497 e. The van der Waals surface area contributed by atoms with Gasteiger partial charge >= 0.3 is 0 Å². The third-order valence-corrected chi connectivity index (χ3v) is 6.17. The van der Waals surface area contributed by atoms with Gasteiger partial charge in [-0.2, -0.15) is 0 Å². The van der Waals surface area contributed by atoms with Gasteiger partial charge in [0.2, 0.25) is 0 Å². The van der Waals surface area contributed by atoms with Crippen LogP contribution in [0.4, 0.5) is 0 Å². The van der Waals surface area contributed by atoms with Crippen LogP contribution in [-0.4, -0.2) is 30.1 Å². The molecule has 0 aliphatic carbocycles. The number of aromatic nitrogens is 2. The lowest BCUT2D eigenvalue weighted by Gasteiger charge is -2.19. The van der Waals surface area contributed by atoms with Gasteiger partial charge in [0.1, 0.15) is 11.5 Å². The summed E-state index contributed by atoms with van der Waals surface area (Å²) in [6.45, 7) is 1.93. The maximum atomic E-state index is 13.1. The third kappa shape index (κ3) is 4.73. The highest BCUT2D eigenvalue weighted by Gasteiger charge is 2.18. The Kier molecular flexibility index (Phi) is 6.66. The second-order valence-electron chi connectivity index (χ2n) is 7.31. The predicted molar refractivity (Wildman–Crippen MR) is 128 cm³/mol. The van der Waals surface area contributed by atoms with E-state index in [2.05, 4.69) is 15.3 Å². The van der Waals surface area contributed by atoms with Crippen LogP contribution in [-0.2, 0) is 5.75 Å². The van der Waals surface area contributed by atoms with Crippen LogP contribution in [0.2, 0.25) is 0 Å². The number of aromatic amines is 1. The molecule has 0 aliphatic heterocycles. The number of thioether (sulfide) groups is 1. The van der Waals surface area contributed by atoms with E-state index < -0.39 is 0 Å². The first-order valence-corrected chi connectivity index (χ1v) is 11.3. The van der Waals surface area contributed by atoms with Crippen molar-refractivity contribution in [2.75, 3.05) is 14.2 Å². The number of nitrogens with one attached hydrogen (secondary N) is 2. The Balaban J connectivity index is 1.50. The summed E-state index contributed by atoms with van der Waals surface area (Å²) in [4.78, 5) is 21.1. The van der Waals surface area contributed by atoms with Gasteiger partial charge in [0.25, 0.3) is 5.91 Å². The van der Waals surface area contributed by atoms with Crippen LogP contribution in [0, 0.1) is 0 Å². The van der Waals surface area contributed by atoms with Gasteiger partial charge < -0.3 is 19.8 Å². The molecule has 4 aromatic rings. The molecule has 3 aromatic carbocycles. The summed E-state index contributed by atoms with van der Waals surface area (Å²) in [6, 6.07) is 20.9. The average Bonchev–Trinajstić information content (AvgIpc) is 3.25. The molecule has 1 heterocycles. The molecule has 1 atom stereocenters. The van der Waals surface area contributed by atoms with Crippen molar-refractivity contribution in [1.29, 1.82) is 0 Å². The first-order valence-electron chi connectivity index (χ1n) is 10.3. The number of hydrogen-bond acceptors (Lipinski definition) is 5. The number of fused-ring (bicyclic) bond motifs is 1. The molecule has 6 nitrogen and oxygen atoms in total. The number of ether oxygens (including phenoxy) is 2. The molecule has 0 aliphatic rings. The van der Waals surface area contributed by atoms with Gasteiger partial charge in [-0.3, -0.25) is 4.79 Å². The zero-order valence-corrected chi connectivity index (χ0v) is 19.0. The highest BCUT2D eigenvalue weighted by atomic mass is 32.2. The molecule has 1 aromatic heterocycles. The summed E-state index contributed by atoms with van der Waals surface area (Å²) < 4.78 is 10.8. The van der Waals surface area contributed by atoms with Gasteiger partial charge in [0.05, 0.1) is 31.3 Å². The normalized spacial score (nSPS) is 11.8. The number of para-hydroxylation sites is 2. The van der Waals surface area contributed by atoms with Crippen LogP contribution < -0.4 is 14.8 Å². The van der Waals surface area contributed by atoms with E-state index in [1.165, 1.54) is 0 Å². The Hall–Kier alpha value is -3.45. The van der Waals surface area contributed by atoms with Gasteiger partial charge in [-0.15, -0.1) is 0 Å². The number of hydrogen-bond donors (Lipinski definition) is 2. The van der Waals surface area contributed by atoms with Crippen molar-refractivity contribution in [2.24, 2.45) is 0 Å². The summed E-state index contributed by atoms with van der Waals surface area (Å²) in [5.74, 6) is 1.90. The maximum Gasteiger partial charge on any atom is 0.252 e. The number of nitrogens with zero attached hydrogens (tertiary/aromatic N) is 1. The van der Waals surface area contributed by atoms with E-state index in [9.17, 15) is 4.79 Å². The van der Waals surface area contributed by atoms with Gasteiger partial charge in [-0.05, 0) is 48.9 Å². The van der Waals surface area contributed by atoms with Crippen LogP contribution in [0.1, 0.15) is 34.5 Å². The lowest BCUT2D eigenvalue weighted by molar-refractivity contribution is 0.0938. The number of benzene rings is 3. The minimum atomic E-state index is -0.261. The molecule has 0 radical (unpaired) electrons. The lowest BCUT2D eigenvalue weighted by atomic mass is 10.0. The summed E-state index contributed by atoms with van der Waals surface area (Å²) in [5, 5.41) is 3.92. The second kappa shape index (κ2) is 9.78. The van der Waals surface area contributed by atoms with Crippen molar-refractivity contribution in [1.82, 2.24) is 15.3 Å². The van der Waals surface area contributed by atoms with Crippen molar-refractivity contribution in [3.8, 4) is 11.5 Å². The molecule has 1 unspecified atom stereocenters. The Morgan fingerprint density at radius 3 is 2.62 bits per heavy atom. The molecule has 0 fully saturated rings. The number of carbonyl (C=O) groups excluding carboxylic acids is 1. The van der Waals surface area contributed by atoms with Gasteiger partial charge in [-0.25, -0.2) is 4.98 Å². The molecule has 0 bridgehead atoms. The maximum absolute atomic E-state index is 13.1. The monoisotopic (exact) mass is 447 g/mol. The zero-order chi connectivity index (χ0) is 22.5. The highest BCUT2D eigenvalue weighted by molar-refractivity contribution is 7.98. The first-order chi connectivity index (χ1) is 15.6. The smallest absolute Gasteiger partial charge is 0.252 e. The fraction of sp³-hybridized carbons (Fsp3) is 0.200. The fourth-order valence-corrected chi connectivity index (χ4v) is 4.43. The van der Waals surface area contributed by atoms with Crippen molar-refractivity contribution in [2.45, 2.75) is 23.9 Å². The van der Waals surface area contributed by atoms with Crippen LogP contribution in [0.15, 0.2) is 71.9 Å². The molecule has 4 rings (SSSR count). The molecule has 0 spiro atoms. The van der Waals surface area contributed by atoms with Gasteiger partial charge in [0.15, 0.2) is 5.16 Å². The topological polar surface area (TPSA) is 76.2 Å². The van der Waals surface area contributed by atoms with E-state index in [-0.39, 0.29) is 11.9 Å². The van der Waals surface area contributed by atoms with Crippen LogP contribution in [0.25, 0.3) is 11.0 Å². The van der Waals surface area contributed by atoms with E-state index in [0.29, 0.717) is 22.8 Å². The van der Waals surface area contributed by atoms with Crippen LogP contribution in [0.5, 0.6) is 11.5 Å². The highest BCUT2D eigenvalue weighted by Crippen LogP contribution is 2.30. The molecular weight excluding hydrogens is 422 g/mol. The van der Waals surface area contributed by atoms with Crippen molar-refractivity contribution < 1.29 is 14.3 Å². The molecule has 7 heteroatoms. The quantitative estimate of drug-likeness (QED) is 0.356. The molecule has 2 N–H and O–H groups in total. The standard InChI is InChI=1S/C25H25N3O3S/c1-16(20-14-18(30-2)12-13-23(20)31-3)26-24(29)19-9-5-4-8-17(19)15-32-25-27-21-10-6-7-11-22(21)28-25/h4-14,16H,15H2,1-3H3,(H,26,29)(H,27,28). The molecule has 32 heavy (non-hydrogen) atoms. The number of carbonyl (C=O) groups is 1. The predicted octanol–water partition coefficient (Wildman–Crippen LogP) is 5.36. The number of imidazole rings is 1.